The molecule has 1 atom stereocenters. The molecule has 1 aliphatic heterocycles. The zero-order valence-electron chi connectivity index (χ0n) is 6.54. The van der Waals surface area contributed by atoms with E-state index in [1.54, 1.807) is 0 Å². The maximum absolute atomic E-state index is 11.1. The quantitative estimate of drug-likeness (QED) is 0.565. The van der Waals surface area contributed by atoms with Gasteiger partial charge in [-0.3, -0.25) is 9.59 Å². The van der Waals surface area contributed by atoms with Crippen LogP contribution in [0.2, 0.25) is 0 Å². The van der Waals surface area contributed by atoms with Gasteiger partial charge in [0.15, 0.2) is 0 Å². The van der Waals surface area contributed by atoms with Gasteiger partial charge in [-0.25, -0.2) is 0 Å². The monoisotopic (exact) mass is 156 g/mol. The molecule has 0 saturated carbocycles. The first-order valence-corrected chi connectivity index (χ1v) is 3.65. The Kier molecular flexibility index (Phi) is 2.24. The zero-order valence-corrected chi connectivity index (χ0v) is 6.54. The third-order valence-electron chi connectivity index (χ3n) is 1.75. The highest BCUT2D eigenvalue weighted by molar-refractivity contribution is 5.88. The predicted molar refractivity (Wildman–Crippen MR) is 39.9 cm³/mol. The Morgan fingerprint density at radius 2 is 2.45 bits per heavy atom. The molecule has 4 heteroatoms. The normalized spacial score (nSPS) is 24.4. The van der Waals surface area contributed by atoms with Crippen LogP contribution in [0.25, 0.3) is 0 Å². The summed E-state index contributed by atoms with van der Waals surface area (Å²) in [4.78, 5) is 23.2. The van der Waals surface area contributed by atoms with E-state index in [9.17, 15) is 9.59 Å². The van der Waals surface area contributed by atoms with Crippen LogP contribution in [0.1, 0.15) is 13.3 Å². The molecule has 2 N–H and O–H groups in total. The molecule has 1 rings (SSSR count). The molecule has 11 heavy (non-hydrogen) atoms. The summed E-state index contributed by atoms with van der Waals surface area (Å²) in [7, 11) is 0. The number of rotatable bonds is 2. The van der Waals surface area contributed by atoms with Gasteiger partial charge in [-0.2, -0.15) is 0 Å². The number of hydrogen-bond donors (Lipinski definition) is 1. The molecule has 0 aromatic rings. The summed E-state index contributed by atoms with van der Waals surface area (Å²) in [5.74, 6) is -0.0901. The summed E-state index contributed by atoms with van der Waals surface area (Å²) in [6.45, 7) is 2.31. The van der Waals surface area contributed by atoms with Crippen LogP contribution in [0.4, 0.5) is 0 Å². The molecule has 1 aliphatic rings. The van der Waals surface area contributed by atoms with Crippen molar-refractivity contribution in [2.45, 2.75) is 19.4 Å². The van der Waals surface area contributed by atoms with Gasteiger partial charge in [0.25, 0.3) is 0 Å². The lowest BCUT2D eigenvalue weighted by Gasteiger charge is -2.12. The molecule has 1 heterocycles. The summed E-state index contributed by atoms with van der Waals surface area (Å²) in [6.07, 6.45) is 0.673. The topological polar surface area (TPSA) is 63.4 Å². The van der Waals surface area contributed by atoms with E-state index < -0.39 is 0 Å². The Labute approximate surface area is 65.3 Å². The molecule has 1 fully saturated rings. The van der Waals surface area contributed by atoms with Gasteiger partial charge >= 0.3 is 0 Å². The van der Waals surface area contributed by atoms with Gasteiger partial charge in [0.1, 0.15) is 5.78 Å². The number of nitrogens with two attached hydrogens (primary N) is 1. The van der Waals surface area contributed by atoms with E-state index in [4.69, 9.17) is 5.73 Å². The molecule has 1 saturated heterocycles. The second kappa shape index (κ2) is 3.00. The number of carbonyl (C=O) groups is 2. The van der Waals surface area contributed by atoms with Gasteiger partial charge in [-0.05, 0) is 13.3 Å². The van der Waals surface area contributed by atoms with Crippen molar-refractivity contribution in [3.8, 4) is 0 Å². The van der Waals surface area contributed by atoms with Crippen molar-refractivity contribution in [2.24, 2.45) is 5.73 Å². The fraction of sp³-hybridized carbons (Fsp3) is 0.714. The number of carbonyl (C=O) groups excluding carboxylic acids is 2. The van der Waals surface area contributed by atoms with E-state index in [2.05, 4.69) is 0 Å². The van der Waals surface area contributed by atoms with Crippen molar-refractivity contribution in [1.82, 2.24) is 4.90 Å². The average Bonchev–Trinajstić information content (AvgIpc) is 2.18. The summed E-state index contributed by atoms with van der Waals surface area (Å²) < 4.78 is 0. The van der Waals surface area contributed by atoms with Gasteiger partial charge < -0.3 is 10.6 Å². The lowest BCUT2D eigenvalue weighted by atomic mass is 10.3. The van der Waals surface area contributed by atoms with Crippen molar-refractivity contribution in [1.29, 1.82) is 0 Å². The van der Waals surface area contributed by atoms with Crippen LogP contribution in [0.15, 0.2) is 0 Å². The minimum Gasteiger partial charge on any atom is -0.334 e. The summed E-state index contributed by atoms with van der Waals surface area (Å²) in [6, 6.07) is -0.380. The molecule has 62 valence electrons. The number of likely N-dealkylation sites (tertiary alicyclic amines) is 1. The van der Waals surface area contributed by atoms with Crippen molar-refractivity contribution in [3.05, 3.63) is 0 Å². The third kappa shape index (κ3) is 1.77. The van der Waals surface area contributed by atoms with Crippen LogP contribution in [-0.2, 0) is 9.59 Å². The first-order chi connectivity index (χ1) is 5.11. The highest BCUT2D eigenvalue weighted by Crippen LogP contribution is 2.07. The fourth-order valence-electron chi connectivity index (χ4n) is 1.19. The van der Waals surface area contributed by atoms with Gasteiger partial charge in [0, 0.05) is 6.54 Å². The van der Waals surface area contributed by atoms with Gasteiger partial charge in [-0.15, -0.1) is 0 Å². The van der Waals surface area contributed by atoms with Gasteiger partial charge in [-0.1, -0.05) is 0 Å². The molecular formula is C7H12N2O2. The lowest BCUT2D eigenvalue weighted by molar-refractivity contribution is -0.132. The number of amides is 1. The molecule has 0 aromatic carbocycles. The van der Waals surface area contributed by atoms with Crippen molar-refractivity contribution >= 4 is 11.7 Å². The van der Waals surface area contributed by atoms with E-state index in [-0.39, 0.29) is 24.3 Å². The van der Waals surface area contributed by atoms with Crippen LogP contribution in [0, 0.1) is 0 Å². The number of hydrogen-bond acceptors (Lipinski definition) is 3. The Morgan fingerprint density at radius 1 is 1.82 bits per heavy atom. The van der Waals surface area contributed by atoms with Crippen molar-refractivity contribution < 1.29 is 9.59 Å². The molecular weight excluding hydrogens is 144 g/mol. The molecule has 0 bridgehead atoms. The summed E-state index contributed by atoms with van der Waals surface area (Å²) in [5, 5.41) is 0. The first kappa shape index (κ1) is 8.20. The zero-order chi connectivity index (χ0) is 8.43. The molecule has 0 aliphatic carbocycles. The SMILES string of the molecule is CC(=O)CN1CC[C@H](N)C1=O. The maximum atomic E-state index is 11.1. The lowest BCUT2D eigenvalue weighted by Crippen LogP contribution is -2.36. The van der Waals surface area contributed by atoms with Crippen LogP contribution >= 0.6 is 0 Å². The van der Waals surface area contributed by atoms with E-state index >= 15 is 0 Å². The van der Waals surface area contributed by atoms with E-state index in [0.29, 0.717) is 13.0 Å². The molecule has 0 unspecified atom stereocenters. The van der Waals surface area contributed by atoms with Gasteiger partial charge in [0.05, 0.1) is 12.6 Å². The number of Topliss-reactive ketones (excluding diaryl/α,β-unsaturated/α-hetero) is 1. The second-order valence-electron chi connectivity index (χ2n) is 2.86. The Balaban J connectivity index is 2.49. The van der Waals surface area contributed by atoms with Crippen LogP contribution in [0.5, 0.6) is 0 Å². The molecule has 4 nitrogen and oxygen atoms in total. The Bertz CT molecular complexity index is 191. The Morgan fingerprint density at radius 3 is 2.82 bits per heavy atom. The highest BCUT2D eigenvalue weighted by Gasteiger charge is 2.28. The largest absolute Gasteiger partial charge is 0.334 e. The summed E-state index contributed by atoms with van der Waals surface area (Å²) >= 11 is 0. The van der Waals surface area contributed by atoms with E-state index in [0.717, 1.165) is 0 Å². The second-order valence-corrected chi connectivity index (χ2v) is 2.86. The summed E-state index contributed by atoms with van der Waals surface area (Å²) in [5.41, 5.74) is 5.44. The average molecular weight is 156 g/mol. The van der Waals surface area contributed by atoms with Crippen LogP contribution in [-0.4, -0.2) is 35.7 Å². The number of ketones is 1. The molecule has 0 radical (unpaired) electrons. The maximum Gasteiger partial charge on any atom is 0.239 e. The predicted octanol–water partition coefficient (Wildman–Crippen LogP) is -0.865. The molecule has 1 amide bonds. The minimum absolute atomic E-state index is 0.00690. The van der Waals surface area contributed by atoms with Gasteiger partial charge in [0.2, 0.25) is 5.91 Å². The minimum atomic E-state index is -0.380. The first-order valence-electron chi connectivity index (χ1n) is 3.65. The Hall–Kier alpha value is -0.900. The smallest absolute Gasteiger partial charge is 0.239 e. The van der Waals surface area contributed by atoms with Crippen LogP contribution in [0.3, 0.4) is 0 Å². The van der Waals surface area contributed by atoms with Crippen molar-refractivity contribution in [2.75, 3.05) is 13.1 Å². The fourth-order valence-corrected chi connectivity index (χ4v) is 1.19. The third-order valence-corrected chi connectivity index (χ3v) is 1.75. The molecule has 0 spiro atoms. The van der Waals surface area contributed by atoms with Crippen LogP contribution < -0.4 is 5.73 Å². The van der Waals surface area contributed by atoms with E-state index in [1.807, 2.05) is 0 Å². The molecule has 0 aromatic heterocycles. The highest BCUT2D eigenvalue weighted by atomic mass is 16.2. The standard InChI is InChI=1S/C7H12N2O2/c1-5(10)4-9-3-2-6(8)7(9)11/h6H,2-4,8H2,1H3/t6-/m0/s1. The van der Waals surface area contributed by atoms with Crippen molar-refractivity contribution in [3.63, 3.8) is 0 Å². The number of nitrogens with zero attached hydrogens (tertiary/aromatic N) is 1. The van der Waals surface area contributed by atoms with E-state index in [1.165, 1.54) is 11.8 Å².